The molecule has 0 unspecified atom stereocenters. The minimum absolute atomic E-state index is 0.00491. The average Bonchev–Trinajstić information content (AvgIpc) is 3.30. The number of rotatable bonds is 6. The summed E-state index contributed by atoms with van der Waals surface area (Å²) < 4.78 is 0. The van der Waals surface area contributed by atoms with Gasteiger partial charge in [-0.3, -0.25) is 35.4 Å². The normalized spacial score (nSPS) is 19.8. The molecular formula is C26H21N5O6. The lowest BCUT2D eigenvalue weighted by Crippen LogP contribution is -2.28. The van der Waals surface area contributed by atoms with Crippen molar-refractivity contribution in [1.29, 1.82) is 0 Å². The summed E-state index contributed by atoms with van der Waals surface area (Å²) in [4.78, 5) is 32.0. The van der Waals surface area contributed by atoms with Crippen molar-refractivity contribution in [3.8, 4) is 0 Å². The molecule has 0 N–H and O–H groups in total. The molecule has 11 nitrogen and oxygen atoms in total. The fourth-order valence-electron chi connectivity index (χ4n) is 4.96. The van der Waals surface area contributed by atoms with Crippen LogP contribution in [0.1, 0.15) is 36.4 Å². The first-order chi connectivity index (χ1) is 17.8. The molecule has 0 saturated heterocycles. The Hall–Kier alpha value is -4.93. The standard InChI is InChI=1S/C26H21N5O6/c32-29(33)21-8-4-17(5-9-21)16-19-2-1-3-24-25(19)27-28(20-12-14-23(15-13-20)31(36)37)26(24)18-6-10-22(11-7-18)30(34)35/h4-16,24,26H,1-3H2/b19-16-/t24-,26-/m0/s1. The number of non-ortho nitro benzene ring substituents is 3. The Kier molecular flexibility index (Phi) is 6.18. The number of nitro benzene ring substituents is 3. The molecule has 3 aromatic rings. The maximum atomic E-state index is 11.2. The van der Waals surface area contributed by atoms with Crippen LogP contribution in [0.5, 0.6) is 0 Å². The Morgan fingerprint density at radius 2 is 1.27 bits per heavy atom. The van der Waals surface area contributed by atoms with E-state index in [1.165, 1.54) is 36.4 Å². The molecular weight excluding hydrogens is 478 g/mol. The summed E-state index contributed by atoms with van der Waals surface area (Å²) in [7, 11) is 0. The Morgan fingerprint density at radius 1 is 0.757 bits per heavy atom. The van der Waals surface area contributed by atoms with Crippen LogP contribution in [0.4, 0.5) is 22.7 Å². The summed E-state index contributed by atoms with van der Waals surface area (Å²) in [5.41, 5.74) is 4.22. The number of benzene rings is 3. The number of hydrogen-bond donors (Lipinski definition) is 0. The molecule has 1 heterocycles. The molecule has 0 radical (unpaired) electrons. The Labute approximate surface area is 210 Å². The summed E-state index contributed by atoms with van der Waals surface area (Å²) in [5.74, 6) is -0.00491. The molecule has 0 aromatic heterocycles. The van der Waals surface area contributed by atoms with Crippen LogP contribution in [0.15, 0.2) is 83.5 Å². The Bertz CT molecular complexity index is 1430. The molecule has 0 bridgehead atoms. The molecule has 1 aliphatic heterocycles. The van der Waals surface area contributed by atoms with Crippen LogP contribution < -0.4 is 5.01 Å². The van der Waals surface area contributed by atoms with Crippen LogP contribution in [0.25, 0.3) is 6.08 Å². The first-order valence-electron chi connectivity index (χ1n) is 11.6. The Morgan fingerprint density at radius 3 is 1.81 bits per heavy atom. The smallest absolute Gasteiger partial charge is 0.258 e. The monoisotopic (exact) mass is 499 g/mol. The Balaban J connectivity index is 1.56. The van der Waals surface area contributed by atoms with Crippen molar-refractivity contribution in [2.45, 2.75) is 25.3 Å². The zero-order chi connectivity index (χ0) is 26.1. The van der Waals surface area contributed by atoms with Crippen molar-refractivity contribution in [3.63, 3.8) is 0 Å². The van der Waals surface area contributed by atoms with Gasteiger partial charge >= 0.3 is 0 Å². The zero-order valence-corrected chi connectivity index (χ0v) is 19.5. The fraction of sp³-hybridized carbons (Fsp3) is 0.192. The van der Waals surface area contributed by atoms with E-state index in [0.717, 1.165) is 41.7 Å². The van der Waals surface area contributed by atoms with Crippen LogP contribution in [0.3, 0.4) is 0 Å². The van der Waals surface area contributed by atoms with E-state index >= 15 is 0 Å². The maximum absolute atomic E-state index is 11.2. The largest absolute Gasteiger partial charge is 0.269 e. The minimum Gasteiger partial charge on any atom is -0.258 e. The zero-order valence-electron chi connectivity index (χ0n) is 19.5. The fourth-order valence-corrected chi connectivity index (χ4v) is 4.96. The van der Waals surface area contributed by atoms with E-state index in [1.807, 2.05) is 11.1 Å². The van der Waals surface area contributed by atoms with Gasteiger partial charge in [0.25, 0.3) is 17.1 Å². The number of hydrogen-bond acceptors (Lipinski definition) is 8. The maximum Gasteiger partial charge on any atom is 0.269 e. The highest BCUT2D eigenvalue weighted by atomic mass is 16.6. The van der Waals surface area contributed by atoms with Gasteiger partial charge in [-0.2, -0.15) is 5.10 Å². The van der Waals surface area contributed by atoms with Crippen LogP contribution >= 0.6 is 0 Å². The van der Waals surface area contributed by atoms with E-state index < -0.39 is 14.8 Å². The van der Waals surface area contributed by atoms with Crippen molar-refractivity contribution in [2.24, 2.45) is 11.0 Å². The van der Waals surface area contributed by atoms with Crippen molar-refractivity contribution in [1.82, 2.24) is 0 Å². The molecule has 186 valence electrons. The van der Waals surface area contributed by atoms with Gasteiger partial charge in [-0.25, -0.2) is 0 Å². The van der Waals surface area contributed by atoms with E-state index in [1.54, 1.807) is 36.4 Å². The molecule has 37 heavy (non-hydrogen) atoms. The lowest BCUT2D eigenvalue weighted by atomic mass is 9.77. The van der Waals surface area contributed by atoms with Crippen molar-refractivity contribution in [3.05, 3.63) is 120 Å². The number of allylic oxidation sites excluding steroid dienone is 1. The molecule has 0 spiro atoms. The lowest BCUT2D eigenvalue weighted by molar-refractivity contribution is -0.385. The van der Waals surface area contributed by atoms with Gasteiger partial charge in [0.1, 0.15) is 0 Å². The topological polar surface area (TPSA) is 145 Å². The predicted octanol–water partition coefficient (Wildman–Crippen LogP) is 6.21. The van der Waals surface area contributed by atoms with Gasteiger partial charge in [-0.05, 0) is 66.3 Å². The quantitative estimate of drug-likeness (QED) is 0.289. The number of fused-ring (bicyclic) bond motifs is 1. The third-order valence-corrected chi connectivity index (χ3v) is 6.72. The molecule has 3 aromatic carbocycles. The highest BCUT2D eigenvalue weighted by molar-refractivity contribution is 6.08. The van der Waals surface area contributed by atoms with E-state index in [-0.39, 0.29) is 29.0 Å². The van der Waals surface area contributed by atoms with Gasteiger partial charge in [0.05, 0.1) is 32.2 Å². The molecule has 11 heteroatoms. The van der Waals surface area contributed by atoms with E-state index in [9.17, 15) is 30.3 Å². The molecule has 0 amide bonds. The van der Waals surface area contributed by atoms with Crippen molar-refractivity contribution in [2.75, 3.05) is 5.01 Å². The lowest BCUT2D eigenvalue weighted by Gasteiger charge is -2.30. The van der Waals surface area contributed by atoms with Gasteiger partial charge in [-0.1, -0.05) is 12.1 Å². The summed E-state index contributed by atoms with van der Waals surface area (Å²) >= 11 is 0. The summed E-state index contributed by atoms with van der Waals surface area (Å²) in [6.07, 6.45) is 4.52. The highest BCUT2D eigenvalue weighted by Crippen LogP contribution is 2.46. The minimum atomic E-state index is -0.460. The molecule has 5 rings (SSSR count). The van der Waals surface area contributed by atoms with Crippen LogP contribution in [0, 0.1) is 36.3 Å². The van der Waals surface area contributed by atoms with Crippen LogP contribution in [-0.2, 0) is 0 Å². The third kappa shape index (κ3) is 4.66. The van der Waals surface area contributed by atoms with Gasteiger partial charge in [-0.15, -0.1) is 0 Å². The van der Waals surface area contributed by atoms with E-state index in [2.05, 4.69) is 0 Å². The predicted molar refractivity (Wildman–Crippen MR) is 137 cm³/mol. The van der Waals surface area contributed by atoms with Gasteiger partial charge in [0.15, 0.2) is 0 Å². The SMILES string of the molecule is O=[N+]([O-])c1ccc(/C=C2/CCC[C@H]3C2=NN(c2ccc([N+](=O)[O-])cc2)[C@H]3c2ccc([N+](=O)[O-])cc2)cc1. The number of nitro groups is 3. The first-order valence-corrected chi connectivity index (χ1v) is 11.6. The second kappa shape index (κ2) is 9.61. The van der Waals surface area contributed by atoms with Crippen LogP contribution in [-0.4, -0.2) is 20.5 Å². The summed E-state index contributed by atoms with van der Waals surface area (Å²) in [5, 5.41) is 40.1. The second-order valence-corrected chi connectivity index (χ2v) is 8.91. The molecule has 1 saturated carbocycles. The summed E-state index contributed by atoms with van der Waals surface area (Å²) in [6.45, 7) is 0. The molecule has 1 fully saturated rings. The number of hydrazone groups is 1. The second-order valence-electron chi connectivity index (χ2n) is 8.91. The molecule has 1 aliphatic carbocycles. The average molecular weight is 499 g/mol. The van der Waals surface area contributed by atoms with Crippen molar-refractivity contribution >= 4 is 34.5 Å². The highest BCUT2D eigenvalue weighted by Gasteiger charge is 2.42. The first kappa shape index (κ1) is 23.8. The van der Waals surface area contributed by atoms with Gasteiger partial charge in [0, 0.05) is 42.3 Å². The van der Waals surface area contributed by atoms with Gasteiger partial charge in [0.2, 0.25) is 0 Å². The number of anilines is 1. The molecule has 2 atom stereocenters. The van der Waals surface area contributed by atoms with E-state index in [0.29, 0.717) is 5.69 Å². The summed E-state index contributed by atoms with van der Waals surface area (Å²) in [6, 6.07) is 18.6. The van der Waals surface area contributed by atoms with Crippen molar-refractivity contribution < 1.29 is 14.8 Å². The van der Waals surface area contributed by atoms with Gasteiger partial charge < -0.3 is 0 Å². The molecule has 2 aliphatic rings. The number of nitrogens with zero attached hydrogens (tertiary/aromatic N) is 5. The third-order valence-electron chi connectivity index (χ3n) is 6.72. The van der Waals surface area contributed by atoms with E-state index in [4.69, 9.17) is 5.10 Å². The van der Waals surface area contributed by atoms with Crippen LogP contribution in [0.2, 0.25) is 0 Å².